The van der Waals surface area contributed by atoms with E-state index in [0.29, 0.717) is 13.1 Å². The van der Waals surface area contributed by atoms with E-state index in [1.807, 2.05) is 61.5 Å². The molecule has 0 N–H and O–H groups in total. The number of benzene rings is 2. The van der Waals surface area contributed by atoms with E-state index in [2.05, 4.69) is 15.9 Å². The lowest BCUT2D eigenvalue weighted by Gasteiger charge is -2.39. The Balaban J connectivity index is 1.73. The number of cyclic esters (lactones) is 1. The van der Waals surface area contributed by atoms with E-state index >= 15 is 0 Å². The molecule has 0 bridgehead atoms. The number of carbonyl (C=O) groups is 1. The molecule has 2 aromatic carbocycles. The number of carbonyl (C=O) groups excluding carboxylic acids is 1. The minimum absolute atomic E-state index is 0.256. The van der Waals surface area contributed by atoms with Crippen molar-refractivity contribution >= 4 is 22.0 Å². The molecule has 0 aromatic heterocycles. The third-order valence-corrected chi connectivity index (χ3v) is 4.91. The van der Waals surface area contributed by atoms with E-state index in [1.165, 1.54) is 0 Å². The van der Waals surface area contributed by atoms with E-state index in [1.54, 1.807) is 4.90 Å². The van der Waals surface area contributed by atoms with Crippen LogP contribution in [0.25, 0.3) is 0 Å². The van der Waals surface area contributed by atoms with Crippen molar-refractivity contribution < 1.29 is 9.53 Å². The van der Waals surface area contributed by atoms with Gasteiger partial charge in [-0.3, -0.25) is 0 Å². The summed E-state index contributed by atoms with van der Waals surface area (Å²) in [6, 6.07) is 17.9. The van der Waals surface area contributed by atoms with Crippen molar-refractivity contribution in [2.24, 2.45) is 0 Å². The first-order valence-electron chi connectivity index (χ1n) is 7.35. The van der Waals surface area contributed by atoms with Gasteiger partial charge < -0.3 is 9.64 Å². The van der Waals surface area contributed by atoms with Gasteiger partial charge in [0.15, 0.2) is 0 Å². The van der Waals surface area contributed by atoms with Crippen molar-refractivity contribution in [1.82, 2.24) is 4.90 Å². The van der Waals surface area contributed by atoms with Gasteiger partial charge in [-0.1, -0.05) is 64.5 Å². The first kappa shape index (κ1) is 15.1. The van der Waals surface area contributed by atoms with Crippen molar-refractivity contribution in [1.29, 1.82) is 0 Å². The van der Waals surface area contributed by atoms with Crippen LogP contribution in [0, 0.1) is 0 Å². The summed E-state index contributed by atoms with van der Waals surface area (Å²) < 4.78 is 6.77. The molecule has 1 amide bonds. The van der Waals surface area contributed by atoms with Crippen molar-refractivity contribution in [3.63, 3.8) is 0 Å². The monoisotopic (exact) mass is 359 g/mol. The lowest BCUT2D eigenvalue weighted by Crippen LogP contribution is -2.46. The molecule has 1 fully saturated rings. The van der Waals surface area contributed by atoms with Gasteiger partial charge in [0, 0.05) is 17.4 Å². The number of rotatable bonds is 3. The van der Waals surface area contributed by atoms with Crippen LogP contribution >= 0.6 is 15.9 Å². The van der Waals surface area contributed by atoms with Crippen LogP contribution in [0.2, 0.25) is 0 Å². The summed E-state index contributed by atoms with van der Waals surface area (Å²) in [6.45, 7) is 3.23. The summed E-state index contributed by atoms with van der Waals surface area (Å²) in [5.74, 6) is 0. The second-order valence-electron chi connectivity index (χ2n) is 5.73. The molecule has 0 spiro atoms. The van der Waals surface area contributed by atoms with Gasteiger partial charge in [0.2, 0.25) is 0 Å². The van der Waals surface area contributed by atoms with Gasteiger partial charge in [-0.15, -0.1) is 0 Å². The highest BCUT2D eigenvalue weighted by Crippen LogP contribution is 2.34. The predicted molar refractivity (Wildman–Crippen MR) is 89.4 cm³/mol. The van der Waals surface area contributed by atoms with Crippen LogP contribution in [0.1, 0.15) is 24.5 Å². The van der Waals surface area contributed by atoms with E-state index in [9.17, 15) is 4.79 Å². The van der Waals surface area contributed by atoms with E-state index < -0.39 is 5.60 Å². The Morgan fingerprint density at radius 3 is 2.50 bits per heavy atom. The van der Waals surface area contributed by atoms with Crippen molar-refractivity contribution in [2.45, 2.75) is 25.5 Å². The number of nitrogens with zero attached hydrogens (tertiary/aromatic N) is 1. The van der Waals surface area contributed by atoms with Crippen molar-refractivity contribution in [3.05, 3.63) is 70.2 Å². The second kappa shape index (κ2) is 6.13. The molecular weight excluding hydrogens is 342 g/mol. The fourth-order valence-corrected chi connectivity index (χ4v) is 3.13. The Labute approximate surface area is 139 Å². The van der Waals surface area contributed by atoms with Gasteiger partial charge in [0.05, 0.1) is 6.54 Å². The first-order valence-corrected chi connectivity index (χ1v) is 8.15. The van der Waals surface area contributed by atoms with Crippen LogP contribution in [-0.2, 0) is 16.9 Å². The molecule has 22 heavy (non-hydrogen) atoms. The molecule has 3 rings (SSSR count). The first-order chi connectivity index (χ1) is 10.6. The molecule has 3 nitrogen and oxygen atoms in total. The minimum Gasteiger partial charge on any atom is -0.438 e. The number of ether oxygens (including phenoxy) is 1. The molecule has 1 aliphatic heterocycles. The van der Waals surface area contributed by atoms with E-state index in [-0.39, 0.29) is 6.09 Å². The fourth-order valence-electron chi connectivity index (χ4n) is 2.72. The SMILES string of the molecule is CC1(c2ccccc2)CCN(Cc2ccccc2Br)C(=O)O1. The molecule has 1 saturated heterocycles. The third-order valence-electron chi connectivity index (χ3n) is 4.13. The molecule has 0 radical (unpaired) electrons. The highest BCUT2D eigenvalue weighted by molar-refractivity contribution is 9.10. The highest BCUT2D eigenvalue weighted by Gasteiger charge is 2.38. The smallest absolute Gasteiger partial charge is 0.410 e. The molecule has 0 saturated carbocycles. The summed E-state index contributed by atoms with van der Waals surface area (Å²) in [6.07, 6.45) is 0.529. The Hall–Kier alpha value is -1.81. The number of hydrogen-bond acceptors (Lipinski definition) is 2. The Morgan fingerprint density at radius 2 is 1.82 bits per heavy atom. The quantitative estimate of drug-likeness (QED) is 0.794. The third kappa shape index (κ3) is 3.02. The van der Waals surface area contributed by atoms with Crippen LogP contribution in [0.4, 0.5) is 4.79 Å². The van der Waals surface area contributed by atoms with Crippen LogP contribution in [0.3, 0.4) is 0 Å². The zero-order valence-corrected chi connectivity index (χ0v) is 14.0. The average molecular weight is 360 g/mol. The van der Waals surface area contributed by atoms with Crippen molar-refractivity contribution in [2.75, 3.05) is 6.54 Å². The molecule has 0 aliphatic carbocycles. The Bertz CT molecular complexity index is 674. The molecule has 1 heterocycles. The van der Waals surface area contributed by atoms with Gasteiger partial charge >= 0.3 is 6.09 Å². The minimum atomic E-state index is -0.539. The Kier molecular flexibility index (Phi) is 4.21. The van der Waals surface area contributed by atoms with Crippen LogP contribution in [0.5, 0.6) is 0 Å². The van der Waals surface area contributed by atoms with Gasteiger partial charge in [-0.25, -0.2) is 4.79 Å². The fraction of sp³-hybridized carbons (Fsp3) is 0.278. The lowest BCUT2D eigenvalue weighted by atomic mass is 9.91. The van der Waals surface area contributed by atoms with Crippen molar-refractivity contribution in [3.8, 4) is 0 Å². The standard InChI is InChI=1S/C18H18BrNO2/c1-18(15-8-3-2-4-9-15)11-12-20(17(21)22-18)13-14-7-5-6-10-16(14)19/h2-10H,11-13H2,1H3. The lowest BCUT2D eigenvalue weighted by molar-refractivity contribution is -0.0427. The highest BCUT2D eigenvalue weighted by atomic mass is 79.9. The molecule has 4 heteroatoms. The molecule has 1 aliphatic rings. The second-order valence-corrected chi connectivity index (χ2v) is 6.58. The molecule has 114 valence electrons. The maximum Gasteiger partial charge on any atom is 0.410 e. The number of hydrogen-bond donors (Lipinski definition) is 0. The number of amides is 1. The molecule has 2 aromatic rings. The summed E-state index contributed by atoms with van der Waals surface area (Å²) in [5, 5.41) is 0. The molecule has 1 atom stereocenters. The van der Waals surface area contributed by atoms with Gasteiger partial charge in [0.1, 0.15) is 5.60 Å². The Morgan fingerprint density at radius 1 is 1.14 bits per heavy atom. The molecular formula is C18H18BrNO2. The summed E-state index contributed by atoms with van der Waals surface area (Å²) >= 11 is 3.52. The zero-order chi connectivity index (χ0) is 15.6. The summed E-state index contributed by atoms with van der Waals surface area (Å²) in [7, 11) is 0. The maximum atomic E-state index is 12.4. The zero-order valence-electron chi connectivity index (χ0n) is 12.5. The maximum absolute atomic E-state index is 12.4. The number of halogens is 1. The van der Waals surface area contributed by atoms with Gasteiger partial charge in [-0.05, 0) is 24.1 Å². The van der Waals surface area contributed by atoms with Crippen LogP contribution in [0.15, 0.2) is 59.1 Å². The normalized spacial score (nSPS) is 21.5. The van der Waals surface area contributed by atoms with E-state index in [4.69, 9.17) is 4.74 Å². The molecule has 1 unspecified atom stereocenters. The van der Waals surface area contributed by atoms with Crippen LogP contribution in [-0.4, -0.2) is 17.5 Å². The topological polar surface area (TPSA) is 29.5 Å². The summed E-state index contributed by atoms with van der Waals surface area (Å²) in [4.78, 5) is 14.1. The average Bonchev–Trinajstić information content (AvgIpc) is 2.53. The van der Waals surface area contributed by atoms with Gasteiger partial charge in [0.25, 0.3) is 0 Å². The summed E-state index contributed by atoms with van der Waals surface area (Å²) in [5.41, 5.74) is 1.59. The van der Waals surface area contributed by atoms with Crippen LogP contribution < -0.4 is 0 Å². The predicted octanol–water partition coefficient (Wildman–Crippen LogP) is 4.71. The van der Waals surface area contributed by atoms with E-state index in [0.717, 1.165) is 22.0 Å². The largest absolute Gasteiger partial charge is 0.438 e. The van der Waals surface area contributed by atoms with Gasteiger partial charge in [-0.2, -0.15) is 0 Å².